The second kappa shape index (κ2) is 6.85. The third-order valence-corrected chi connectivity index (χ3v) is 5.97. The van der Waals surface area contributed by atoms with E-state index < -0.39 is 0 Å². The highest BCUT2D eigenvalue weighted by atomic mass is 16.5. The van der Waals surface area contributed by atoms with Crippen LogP contribution in [0.1, 0.15) is 59.4 Å². The Balaban J connectivity index is 1.50. The Bertz CT molecular complexity index is 812. The molecule has 1 fully saturated rings. The number of aryl methyl sites for hydroxylation is 3. The molecule has 0 bridgehead atoms. The molecule has 6 nitrogen and oxygen atoms in total. The minimum atomic E-state index is -0.344. The highest BCUT2D eigenvalue weighted by molar-refractivity contribution is 5.74. The van der Waals surface area contributed by atoms with Gasteiger partial charge in [0.15, 0.2) is 0 Å². The van der Waals surface area contributed by atoms with Gasteiger partial charge in [-0.3, -0.25) is 19.6 Å². The van der Waals surface area contributed by atoms with Gasteiger partial charge in [-0.2, -0.15) is 5.10 Å². The van der Waals surface area contributed by atoms with E-state index in [9.17, 15) is 4.79 Å². The van der Waals surface area contributed by atoms with Crippen molar-refractivity contribution in [2.75, 3.05) is 6.54 Å². The van der Waals surface area contributed by atoms with E-state index in [4.69, 9.17) is 5.21 Å². The number of rotatable bonds is 4. The third-order valence-electron chi connectivity index (χ3n) is 5.97. The Hall–Kier alpha value is -2.18. The smallest absolute Gasteiger partial charge is 0.243 e. The zero-order valence-corrected chi connectivity index (χ0v) is 15.4. The van der Waals surface area contributed by atoms with Gasteiger partial charge in [-0.1, -0.05) is 24.3 Å². The van der Waals surface area contributed by atoms with Gasteiger partial charge in [-0.15, -0.1) is 0 Å². The first-order valence-electron chi connectivity index (χ1n) is 9.38. The van der Waals surface area contributed by atoms with Crippen LogP contribution >= 0.6 is 0 Å². The molecule has 2 N–H and O–H groups in total. The van der Waals surface area contributed by atoms with Crippen molar-refractivity contribution in [3.8, 4) is 0 Å². The molecular weight excluding hydrogens is 328 g/mol. The standard InChI is InChI=1S/C20H26N4O2/c1-13-16-11-12-24-17(8-9-18(24)20(16)23(2)21-13)15-6-3-14(4-7-15)5-10-19(25)22-26/h3-4,6-7,17-18,26H,5,8-12H2,1-2H3,(H,22,25)/t17-,18?/m0/s1. The molecule has 138 valence electrons. The van der Waals surface area contributed by atoms with Gasteiger partial charge in [-0.25, -0.2) is 5.48 Å². The topological polar surface area (TPSA) is 70.4 Å². The first kappa shape index (κ1) is 17.2. The molecule has 1 unspecified atom stereocenters. The number of carbonyl (C=O) groups excluding carboxylic acids is 1. The molecule has 0 aliphatic carbocycles. The average molecular weight is 354 g/mol. The predicted molar refractivity (Wildman–Crippen MR) is 97.8 cm³/mol. The summed E-state index contributed by atoms with van der Waals surface area (Å²) in [4.78, 5) is 13.8. The van der Waals surface area contributed by atoms with Crippen molar-refractivity contribution in [2.24, 2.45) is 7.05 Å². The fourth-order valence-corrected chi connectivity index (χ4v) is 4.73. The molecule has 2 aromatic rings. The molecule has 26 heavy (non-hydrogen) atoms. The number of hydrogen-bond donors (Lipinski definition) is 2. The molecule has 0 saturated carbocycles. The largest absolute Gasteiger partial charge is 0.289 e. The summed E-state index contributed by atoms with van der Waals surface area (Å²) in [7, 11) is 2.07. The third kappa shape index (κ3) is 2.93. The Morgan fingerprint density at radius 2 is 2.00 bits per heavy atom. The lowest BCUT2D eigenvalue weighted by atomic mass is 9.98. The van der Waals surface area contributed by atoms with Gasteiger partial charge in [0.1, 0.15) is 0 Å². The highest BCUT2D eigenvalue weighted by Gasteiger charge is 2.40. The number of aromatic nitrogens is 2. The van der Waals surface area contributed by atoms with Crippen LogP contribution in [-0.4, -0.2) is 32.3 Å². The van der Waals surface area contributed by atoms with E-state index in [0.29, 0.717) is 24.9 Å². The summed E-state index contributed by atoms with van der Waals surface area (Å²) >= 11 is 0. The highest BCUT2D eigenvalue weighted by Crippen LogP contribution is 2.47. The van der Waals surface area contributed by atoms with E-state index in [0.717, 1.165) is 18.5 Å². The van der Waals surface area contributed by atoms with Crippen molar-refractivity contribution < 1.29 is 10.0 Å². The number of amides is 1. The van der Waals surface area contributed by atoms with Crippen molar-refractivity contribution in [2.45, 2.75) is 51.1 Å². The summed E-state index contributed by atoms with van der Waals surface area (Å²) in [5, 5.41) is 13.2. The fourth-order valence-electron chi connectivity index (χ4n) is 4.73. The molecule has 1 amide bonds. The van der Waals surface area contributed by atoms with Crippen LogP contribution in [-0.2, 0) is 24.7 Å². The van der Waals surface area contributed by atoms with Gasteiger partial charge in [0, 0.05) is 26.1 Å². The van der Waals surface area contributed by atoms with Crippen LogP contribution in [0, 0.1) is 6.92 Å². The van der Waals surface area contributed by atoms with Crippen molar-refractivity contribution in [3.63, 3.8) is 0 Å². The SMILES string of the molecule is Cc1nn(C)c2c1CCN1C2CC[C@H]1c1ccc(CCC(=O)NO)cc1. The summed E-state index contributed by atoms with van der Waals surface area (Å²) in [5.74, 6) is -0.344. The number of nitrogens with zero attached hydrogens (tertiary/aromatic N) is 3. The van der Waals surface area contributed by atoms with Crippen LogP contribution in [0.4, 0.5) is 0 Å². The first-order chi connectivity index (χ1) is 12.6. The first-order valence-corrected chi connectivity index (χ1v) is 9.38. The molecule has 6 heteroatoms. The van der Waals surface area contributed by atoms with E-state index in [1.54, 1.807) is 5.48 Å². The number of hydrogen-bond acceptors (Lipinski definition) is 4. The zero-order valence-electron chi connectivity index (χ0n) is 15.4. The van der Waals surface area contributed by atoms with Gasteiger partial charge in [-0.05, 0) is 49.3 Å². The molecule has 1 saturated heterocycles. The van der Waals surface area contributed by atoms with Crippen LogP contribution in [0.25, 0.3) is 0 Å². The number of benzene rings is 1. The van der Waals surface area contributed by atoms with Gasteiger partial charge >= 0.3 is 0 Å². The molecular formula is C20H26N4O2. The number of fused-ring (bicyclic) bond motifs is 3. The fraction of sp³-hybridized carbons (Fsp3) is 0.500. The van der Waals surface area contributed by atoms with Crippen LogP contribution < -0.4 is 5.48 Å². The lowest BCUT2D eigenvalue weighted by Gasteiger charge is -2.34. The molecule has 3 heterocycles. The van der Waals surface area contributed by atoms with Gasteiger partial charge in [0.05, 0.1) is 17.4 Å². The Morgan fingerprint density at radius 1 is 1.27 bits per heavy atom. The maximum absolute atomic E-state index is 11.2. The molecule has 2 aliphatic rings. The Labute approximate surface area is 153 Å². The lowest BCUT2D eigenvalue weighted by Crippen LogP contribution is -2.34. The predicted octanol–water partition coefficient (Wildman–Crippen LogP) is 2.60. The molecule has 0 spiro atoms. The van der Waals surface area contributed by atoms with Crippen LogP contribution in [0.2, 0.25) is 0 Å². The van der Waals surface area contributed by atoms with Crippen LogP contribution in [0.15, 0.2) is 24.3 Å². The minimum absolute atomic E-state index is 0.302. The molecule has 1 aromatic heterocycles. The van der Waals surface area contributed by atoms with E-state index in [-0.39, 0.29) is 5.91 Å². The number of carbonyl (C=O) groups is 1. The summed E-state index contributed by atoms with van der Waals surface area (Å²) in [5.41, 5.74) is 8.20. The molecule has 2 atom stereocenters. The molecule has 1 aromatic carbocycles. The van der Waals surface area contributed by atoms with Crippen molar-refractivity contribution in [1.29, 1.82) is 0 Å². The zero-order chi connectivity index (χ0) is 18.3. The minimum Gasteiger partial charge on any atom is -0.289 e. The number of hydroxylamine groups is 1. The molecule has 2 aliphatic heterocycles. The molecule has 4 rings (SSSR count). The lowest BCUT2D eigenvalue weighted by molar-refractivity contribution is -0.129. The van der Waals surface area contributed by atoms with Crippen molar-refractivity contribution in [1.82, 2.24) is 20.2 Å². The summed E-state index contributed by atoms with van der Waals surface area (Å²) < 4.78 is 2.08. The monoisotopic (exact) mass is 354 g/mol. The van der Waals surface area contributed by atoms with E-state index >= 15 is 0 Å². The van der Waals surface area contributed by atoms with Crippen LogP contribution in [0.3, 0.4) is 0 Å². The summed E-state index contributed by atoms with van der Waals surface area (Å²) in [6, 6.07) is 9.54. The Kier molecular flexibility index (Phi) is 4.54. The maximum atomic E-state index is 11.2. The second-order valence-electron chi connectivity index (χ2n) is 7.45. The number of nitrogens with one attached hydrogen (secondary N) is 1. The van der Waals surface area contributed by atoms with Crippen LogP contribution in [0.5, 0.6) is 0 Å². The van der Waals surface area contributed by atoms with E-state index in [1.165, 1.54) is 35.4 Å². The van der Waals surface area contributed by atoms with E-state index in [2.05, 4.69) is 52.9 Å². The average Bonchev–Trinajstić information content (AvgIpc) is 3.21. The molecule has 0 radical (unpaired) electrons. The second-order valence-corrected chi connectivity index (χ2v) is 7.45. The van der Waals surface area contributed by atoms with Crippen molar-refractivity contribution in [3.05, 3.63) is 52.3 Å². The Morgan fingerprint density at radius 3 is 2.73 bits per heavy atom. The normalized spacial score (nSPS) is 22.1. The summed E-state index contributed by atoms with van der Waals surface area (Å²) in [6.45, 7) is 3.21. The maximum Gasteiger partial charge on any atom is 0.243 e. The van der Waals surface area contributed by atoms with Gasteiger partial charge in [0.25, 0.3) is 0 Å². The van der Waals surface area contributed by atoms with Crippen molar-refractivity contribution >= 4 is 5.91 Å². The van der Waals surface area contributed by atoms with E-state index in [1.807, 2.05) is 0 Å². The van der Waals surface area contributed by atoms with Gasteiger partial charge < -0.3 is 0 Å². The quantitative estimate of drug-likeness (QED) is 0.654. The van der Waals surface area contributed by atoms with Gasteiger partial charge in [0.2, 0.25) is 5.91 Å². The summed E-state index contributed by atoms with van der Waals surface area (Å²) in [6.07, 6.45) is 4.36.